The van der Waals surface area contributed by atoms with Crippen LogP contribution in [-0.2, 0) is 14.8 Å². The number of carbonyl (C=O) groups is 1. The molecule has 0 radical (unpaired) electrons. The number of fused-ring (bicyclic) bond motifs is 1. The lowest BCUT2D eigenvalue weighted by Gasteiger charge is -2.42. The van der Waals surface area contributed by atoms with Crippen molar-refractivity contribution in [3.8, 4) is 11.5 Å². The second-order valence-corrected chi connectivity index (χ2v) is 9.72. The predicted octanol–water partition coefficient (Wildman–Crippen LogP) is 0.822. The number of aromatic nitrogens is 1. The topological polar surface area (TPSA) is 92.3 Å². The Morgan fingerprint density at radius 3 is 2.42 bits per heavy atom. The number of para-hydroxylation sites is 1. The molecule has 2 aromatic rings. The van der Waals surface area contributed by atoms with Crippen LogP contribution in [0.25, 0.3) is 0 Å². The van der Waals surface area contributed by atoms with E-state index < -0.39 is 10.0 Å². The number of amides is 1. The van der Waals surface area contributed by atoms with E-state index in [-0.39, 0.29) is 35.6 Å². The summed E-state index contributed by atoms with van der Waals surface area (Å²) < 4.78 is 38.6. The average molecular weight is 445 g/mol. The highest BCUT2D eigenvalue weighted by atomic mass is 32.2. The second kappa shape index (κ2) is 8.01. The van der Waals surface area contributed by atoms with Crippen molar-refractivity contribution in [2.45, 2.75) is 4.90 Å². The Morgan fingerprint density at radius 1 is 0.968 bits per heavy atom. The Kier molecular flexibility index (Phi) is 5.19. The van der Waals surface area contributed by atoms with Gasteiger partial charge in [-0.1, -0.05) is 6.07 Å². The Morgan fingerprint density at radius 2 is 1.68 bits per heavy atom. The Balaban J connectivity index is 1.20. The van der Waals surface area contributed by atoms with Crippen LogP contribution >= 0.6 is 0 Å². The van der Waals surface area contributed by atoms with Gasteiger partial charge in [-0.25, -0.2) is 8.42 Å². The minimum Gasteiger partial charge on any atom is -0.486 e. The van der Waals surface area contributed by atoms with Gasteiger partial charge in [0.1, 0.15) is 18.1 Å². The molecule has 164 valence electrons. The van der Waals surface area contributed by atoms with E-state index in [0.29, 0.717) is 32.1 Å². The molecule has 5 rings (SSSR count). The average Bonchev–Trinajstić information content (AvgIpc) is 2.78. The van der Waals surface area contributed by atoms with Gasteiger partial charge in [-0.05, 0) is 24.3 Å². The molecule has 1 aromatic heterocycles. The van der Waals surface area contributed by atoms with E-state index in [1.807, 2.05) is 17.0 Å². The Bertz CT molecular complexity index is 1060. The maximum Gasteiger partial charge on any atom is 0.246 e. The molecule has 2 fully saturated rings. The first-order valence-corrected chi connectivity index (χ1v) is 11.8. The zero-order valence-corrected chi connectivity index (χ0v) is 17.8. The molecule has 31 heavy (non-hydrogen) atoms. The quantitative estimate of drug-likeness (QED) is 0.690. The number of benzene rings is 1. The number of anilines is 1. The molecule has 9 nitrogen and oxygen atoms in total. The maximum atomic E-state index is 13.1. The molecule has 0 unspecified atom stereocenters. The van der Waals surface area contributed by atoms with Crippen molar-refractivity contribution in [2.24, 2.45) is 5.92 Å². The highest BCUT2D eigenvalue weighted by Gasteiger charge is 2.43. The largest absolute Gasteiger partial charge is 0.486 e. The van der Waals surface area contributed by atoms with Crippen molar-refractivity contribution in [1.82, 2.24) is 14.2 Å². The van der Waals surface area contributed by atoms with Gasteiger partial charge in [-0.2, -0.15) is 4.31 Å². The number of pyridine rings is 1. The summed E-state index contributed by atoms with van der Waals surface area (Å²) in [5.41, 5.74) is 1.10. The number of hydrogen-bond acceptors (Lipinski definition) is 7. The van der Waals surface area contributed by atoms with Crippen LogP contribution in [0.4, 0.5) is 5.69 Å². The zero-order valence-electron chi connectivity index (χ0n) is 17.0. The van der Waals surface area contributed by atoms with E-state index in [2.05, 4.69) is 9.88 Å². The van der Waals surface area contributed by atoms with Crippen molar-refractivity contribution < 1.29 is 22.7 Å². The van der Waals surface area contributed by atoms with Gasteiger partial charge >= 0.3 is 0 Å². The molecule has 2 saturated heterocycles. The Hall–Kier alpha value is -2.85. The van der Waals surface area contributed by atoms with Crippen LogP contribution in [0.15, 0.2) is 47.6 Å². The van der Waals surface area contributed by atoms with Crippen LogP contribution in [-0.4, -0.2) is 81.0 Å². The van der Waals surface area contributed by atoms with Crippen molar-refractivity contribution in [2.75, 3.05) is 57.4 Å². The molecular formula is C21H24N4O5S. The molecule has 0 N–H and O–H groups in total. The molecule has 0 spiro atoms. The molecular weight excluding hydrogens is 420 g/mol. The summed E-state index contributed by atoms with van der Waals surface area (Å²) in [7, 11) is -3.74. The molecule has 0 saturated carbocycles. The van der Waals surface area contributed by atoms with Crippen molar-refractivity contribution in [1.29, 1.82) is 0 Å². The number of hydrogen-bond donors (Lipinski definition) is 0. The first-order chi connectivity index (χ1) is 15.0. The van der Waals surface area contributed by atoms with Gasteiger partial charge in [0.2, 0.25) is 15.9 Å². The van der Waals surface area contributed by atoms with Crippen LogP contribution in [0.3, 0.4) is 0 Å². The van der Waals surface area contributed by atoms with Crippen LogP contribution in [0, 0.1) is 5.92 Å². The third-order valence-corrected chi connectivity index (χ3v) is 7.82. The summed E-state index contributed by atoms with van der Waals surface area (Å²) in [6.07, 6.45) is 3.52. The van der Waals surface area contributed by atoms with E-state index in [1.54, 1.807) is 24.5 Å². The predicted molar refractivity (Wildman–Crippen MR) is 113 cm³/mol. The Labute approximate surface area is 181 Å². The molecule has 3 aliphatic rings. The summed E-state index contributed by atoms with van der Waals surface area (Å²) >= 11 is 0. The summed E-state index contributed by atoms with van der Waals surface area (Å²) in [6.45, 7) is 3.84. The number of ether oxygens (including phenoxy) is 2. The third kappa shape index (κ3) is 3.70. The molecule has 1 aromatic carbocycles. The summed E-state index contributed by atoms with van der Waals surface area (Å²) in [4.78, 5) is 21.1. The summed E-state index contributed by atoms with van der Waals surface area (Å²) in [6, 6.07) is 8.79. The van der Waals surface area contributed by atoms with E-state index >= 15 is 0 Å². The first kappa shape index (κ1) is 20.1. The van der Waals surface area contributed by atoms with Gasteiger partial charge in [0.25, 0.3) is 0 Å². The van der Waals surface area contributed by atoms with Gasteiger partial charge in [0.15, 0.2) is 11.5 Å². The van der Waals surface area contributed by atoms with Crippen LogP contribution in [0.2, 0.25) is 0 Å². The van der Waals surface area contributed by atoms with Gasteiger partial charge in [0.05, 0.1) is 5.92 Å². The highest BCUT2D eigenvalue weighted by Crippen LogP contribution is 2.39. The van der Waals surface area contributed by atoms with Gasteiger partial charge in [-0.15, -0.1) is 0 Å². The summed E-state index contributed by atoms with van der Waals surface area (Å²) in [5.74, 6) is 0.415. The van der Waals surface area contributed by atoms with Gasteiger partial charge in [0, 0.05) is 57.3 Å². The van der Waals surface area contributed by atoms with Gasteiger partial charge < -0.3 is 19.3 Å². The number of piperazine rings is 1. The van der Waals surface area contributed by atoms with Gasteiger partial charge in [-0.3, -0.25) is 9.78 Å². The standard InChI is InChI=1S/C21H24N4O5S/c26-21(24-10-8-23(9-11-24)17-4-6-22-7-5-17)16-14-25(15-16)31(27,28)19-3-1-2-18-20(19)30-13-12-29-18/h1-7,16H,8-15H2. The molecule has 3 aliphatic heterocycles. The fraction of sp³-hybridized carbons (Fsp3) is 0.429. The second-order valence-electron chi connectivity index (χ2n) is 7.82. The van der Waals surface area contributed by atoms with E-state index in [9.17, 15) is 13.2 Å². The SMILES string of the molecule is O=C(C1CN(S(=O)(=O)c2cccc3c2OCCO3)C1)N1CCN(c2ccncc2)CC1. The lowest BCUT2D eigenvalue weighted by Crippen LogP contribution is -2.59. The number of carbonyl (C=O) groups excluding carboxylic acids is 1. The summed E-state index contributed by atoms with van der Waals surface area (Å²) in [5, 5.41) is 0. The zero-order chi connectivity index (χ0) is 21.4. The van der Waals surface area contributed by atoms with Crippen LogP contribution in [0.5, 0.6) is 11.5 Å². The highest BCUT2D eigenvalue weighted by molar-refractivity contribution is 7.89. The monoisotopic (exact) mass is 444 g/mol. The maximum absolute atomic E-state index is 13.1. The fourth-order valence-corrected chi connectivity index (χ4v) is 5.85. The van der Waals surface area contributed by atoms with Crippen molar-refractivity contribution in [3.05, 3.63) is 42.7 Å². The third-order valence-electron chi connectivity index (χ3n) is 5.96. The lowest BCUT2D eigenvalue weighted by atomic mass is 10.0. The van der Waals surface area contributed by atoms with Crippen molar-refractivity contribution >= 4 is 21.6 Å². The number of sulfonamides is 1. The minimum atomic E-state index is -3.74. The molecule has 1 amide bonds. The van der Waals surface area contributed by atoms with Crippen molar-refractivity contribution in [3.63, 3.8) is 0 Å². The van der Waals surface area contributed by atoms with E-state index in [0.717, 1.165) is 18.8 Å². The minimum absolute atomic E-state index is 0.0236. The fourth-order valence-electron chi connectivity index (χ4n) is 4.18. The normalized spacial score (nSPS) is 19.7. The molecule has 10 heteroatoms. The number of nitrogens with zero attached hydrogens (tertiary/aromatic N) is 4. The molecule has 4 heterocycles. The van der Waals surface area contributed by atoms with E-state index in [1.165, 1.54) is 10.4 Å². The van der Waals surface area contributed by atoms with E-state index in [4.69, 9.17) is 9.47 Å². The van der Waals surface area contributed by atoms with Crippen LogP contribution in [0.1, 0.15) is 0 Å². The number of rotatable bonds is 4. The molecule has 0 aliphatic carbocycles. The first-order valence-electron chi connectivity index (χ1n) is 10.4. The molecule has 0 atom stereocenters. The lowest BCUT2D eigenvalue weighted by molar-refractivity contribution is -0.139. The smallest absolute Gasteiger partial charge is 0.246 e. The van der Waals surface area contributed by atoms with Crippen LogP contribution < -0.4 is 14.4 Å². The molecule has 0 bridgehead atoms.